The van der Waals surface area contributed by atoms with Gasteiger partial charge in [-0.25, -0.2) is 4.98 Å². The minimum absolute atomic E-state index is 0.130. The van der Waals surface area contributed by atoms with Crippen molar-refractivity contribution in [2.75, 3.05) is 5.75 Å². The molecule has 2 saturated carbocycles. The molecule has 0 aliphatic heterocycles. The molecule has 4 rings (SSSR count). The second-order valence-electron chi connectivity index (χ2n) is 7.33. The standard InChI is InChI=1S/C20H24N2OS/c1-13(17-11-14-6-7-16(17)10-14)21-19(23)12-24-20-9-8-15-4-2-3-5-18(15)22-20/h2-5,8-9,13-14,16-17H,6-7,10-12H2,1H3,(H,21,23). The average molecular weight is 340 g/mol. The molecular formula is C20H24N2OS. The molecule has 0 spiro atoms. The first-order valence-corrected chi connectivity index (χ1v) is 9.95. The molecule has 2 fully saturated rings. The van der Waals surface area contributed by atoms with Crippen LogP contribution in [0.3, 0.4) is 0 Å². The van der Waals surface area contributed by atoms with Crippen LogP contribution in [-0.4, -0.2) is 22.7 Å². The summed E-state index contributed by atoms with van der Waals surface area (Å²) in [6.07, 6.45) is 5.47. The van der Waals surface area contributed by atoms with Gasteiger partial charge in [-0.05, 0) is 56.1 Å². The Balaban J connectivity index is 1.31. The lowest BCUT2D eigenvalue weighted by Gasteiger charge is -2.28. The maximum absolute atomic E-state index is 12.3. The maximum atomic E-state index is 12.3. The smallest absolute Gasteiger partial charge is 0.230 e. The summed E-state index contributed by atoms with van der Waals surface area (Å²) in [6, 6.07) is 12.4. The molecule has 2 bridgehead atoms. The number of rotatable bonds is 5. The molecule has 2 aliphatic rings. The van der Waals surface area contributed by atoms with Crippen molar-refractivity contribution in [1.29, 1.82) is 0 Å². The van der Waals surface area contributed by atoms with Gasteiger partial charge in [0.25, 0.3) is 0 Å². The molecule has 3 nitrogen and oxygen atoms in total. The van der Waals surface area contributed by atoms with E-state index in [1.54, 1.807) is 0 Å². The van der Waals surface area contributed by atoms with Gasteiger partial charge in [-0.2, -0.15) is 0 Å². The number of aromatic nitrogens is 1. The summed E-state index contributed by atoms with van der Waals surface area (Å²) in [4.78, 5) is 16.9. The zero-order valence-corrected chi connectivity index (χ0v) is 14.9. The van der Waals surface area contributed by atoms with E-state index >= 15 is 0 Å². The molecule has 1 N–H and O–H groups in total. The van der Waals surface area contributed by atoms with Crippen LogP contribution in [0, 0.1) is 17.8 Å². The van der Waals surface area contributed by atoms with Gasteiger partial charge in [0.2, 0.25) is 5.91 Å². The first kappa shape index (κ1) is 15.9. The molecule has 0 saturated heterocycles. The van der Waals surface area contributed by atoms with Gasteiger partial charge in [-0.15, -0.1) is 0 Å². The largest absolute Gasteiger partial charge is 0.353 e. The molecule has 1 amide bonds. The number of para-hydroxylation sites is 1. The van der Waals surface area contributed by atoms with Gasteiger partial charge in [0.15, 0.2) is 0 Å². The van der Waals surface area contributed by atoms with Crippen LogP contribution in [-0.2, 0) is 4.79 Å². The maximum Gasteiger partial charge on any atom is 0.230 e. The number of hydrogen-bond donors (Lipinski definition) is 1. The Hall–Kier alpha value is -1.55. The summed E-state index contributed by atoms with van der Waals surface area (Å²) < 4.78 is 0. The molecule has 126 valence electrons. The minimum atomic E-state index is 0.130. The average Bonchev–Trinajstić information content (AvgIpc) is 3.23. The van der Waals surface area contributed by atoms with Crippen molar-refractivity contribution in [3.05, 3.63) is 36.4 Å². The summed E-state index contributed by atoms with van der Waals surface area (Å²) in [7, 11) is 0. The molecule has 2 aromatic rings. The Bertz CT molecular complexity index is 747. The molecule has 0 radical (unpaired) electrons. The fraction of sp³-hybridized carbons (Fsp3) is 0.500. The first-order valence-electron chi connectivity index (χ1n) is 8.97. The predicted octanol–water partition coefficient (Wildman–Crippen LogP) is 4.27. The Morgan fingerprint density at radius 1 is 1.25 bits per heavy atom. The van der Waals surface area contributed by atoms with E-state index in [-0.39, 0.29) is 5.91 Å². The first-order chi connectivity index (χ1) is 11.7. The van der Waals surface area contributed by atoms with Gasteiger partial charge in [0, 0.05) is 11.4 Å². The lowest BCUT2D eigenvalue weighted by atomic mass is 9.84. The molecule has 1 heterocycles. The quantitative estimate of drug-likeness (QED) is 0.827. The molecule has 1 aromatic carbocycles. The highest BCUT2D eigenvalue weighted by Gasteiger charge is 2.42. The number of nitrogens with one attached hydrogen (secondary N) is 1. The highest BCUT2D eigenvalue weighted by Crippen LogP contribution is 2.49. The molecule has 24 heavy (non-hydrogen) atoms. The number of pyridine rings is 1. The van der Waals surface area contributed by atoms with Crippen LogP contribution in [0.1, 0.15) is 32.6 Å². The van der Waals surface area contributed by atoms with Gasteiger partial charge < -0.3 is 5.32 Å². The van der Waals surface area contributed by atoms with Gasteiger partial charge >= 0.3 is 0 Å². The fourth-order valence-electron chi connectivity index (χ4n) is 4.58. The van der Waals surface area contributed by atoms with E-state index in [1.807, 2.05) is 24.3 Å². The summed E-state index contributed by atoms with van der Waals surface area (Å²) in [6.45, 7) is 2.18. The van der Waals surface area contributed by atoms with Crippen molar-refractivity contribution in [3.8, 4) is 0 Å². The number of thioether (sulfide) groups is 1. The number of carbonyl (C=O) groups is 1. The third kappa shape index (κ3) is 3.30. The van der Waals surface area contributed by atoms with Gasteiger partial charge in [0.1, 0.15) is 0 Å². The Labute approximate surface area is 147 Å². The van der Waals surface area contributed by atoms with E-state index in [0.29, 0.717) is 17.7 Å². The number of nitrogens with zero attached hydrogens (tertiary/aromatic N) is 1. The molecule has 4 unspecified atom stereocenters. The molecule has 4 heteroatoms. The highest BCUT2D eigenvalue weighted by molar-refractivity contribution is 7.99. The van der Waals surface area contributed by atoms with Crippen LogP contribution in [0.5, 0.6) is 0 Å². The van der Waals surface area contributed by atoms with Crippen LogP contribution in [0.15, 0.2) is 41.4 Å². The van der Waals surface area contributed by atoms with Crippen LogP contribution < -0.4 is 5.32 Å². The number of benzene rings is 1. The van der Waals surface area contributed by atoms with Gasteiger partial charge in [-0.1, -0.05) is 42.4 Å². The number of fused-ring (bicyclic) bond motifs is 3. The van der Waals surface area contributed by atoms with Crippen LogP contribution in [0.2, 0.25) is 0 Å². The van der Waals surface area contributed by atoms with E-state index < -0.39 is 0 Å². The Kier molecular flexibility index (Phi) is 4.49. The normalized spacial score (nSPS) is 26.6. The summed E-state index contributed by atoms with van der Waals surface area (Å²) in [5.41, 5.74) is 0.984. The second kappa shape index (κ2) is 6.75. The zero-order chi connectivity index (χ0) is 16.5. The predicted molar refractivity (Wildman–Crippen MR) is 99.0 cm³/mol. The topological polar surface area (TPSA) is 42.0 Å². The number of hydrogen-bond acceptors (Lipinski definition) is 3. The van der Waals surface area contributed by atoms with E-state index in [9.17, 15) is 4.79 Å². The lowest BCUT2D eigenvalue weighted by Crippen LogP contribution is -2.40. The minimum Gasteiger partial charge on any atom is -0.353 e. The Morgan fingerprint density at radius 3 is 2.92 bits per heavy atom. The zero-order valence-electron chi connectivity index (χ0n) is 14.1. The van der Waals surface area contributed by atoms with Crippen molar-refractivity contribution in [2.45, 2.75) is 43.7 Å². The SMILES string of the molecule is CC(NC(=O)CSc1ccc2ccccc2n1)C1CC2CCC1C2. The third-order valence-electron chi connectivity index (χ3n) is 5.75. The second-order valence-corrected chi connectivity index (χ2v) is 8.32. The van der Waals surface area contributed by atoms with E-state index in [0.717, 1.165) is 27.8 Å². The fourth-order valence-corrected chi connectivity index (χ4v) is 5.27. The van der Waals surface area contributed by atoms with Gasteiger partial charge in [-0.3, -0.25) is 4.79 Å². The molecular weight excluding hydrogens is 316 g/mol. The summed E-state index contributed by atoms with van der Waals surface area (Å²) in [5, 5.41) is 5.28. The van der Waals surface area contributed by atoms with E-state index in [1.165, 1.54) is 37.4 Å². The van der Waals surface area contributed by atoms with Gasteiger partial charge in [0.05, 0.1) is 16.3 Å². The van der Waals surface area contributed by atoms with Crippen molar-refractivity contribution < 1.29 is 4.79 Å². The number of carbonyl (C=O) groups excluding carboxylic acids is 1. The summed E-state index contributed by atoms with van der Waals surface area (Å²) in [5.74, 6) is 3.04. The molecule has 1 aromatic heterocycles. The monoisotopic (exact) mass is 340 g/mol. The third-order valence-corrected chi connectivity index (χ3v) is 6.68. The molecule has 4 atom stereocenters. The van der Waals surface area contributed by atoms with Crippen molar-refractivity contribution in [1.82, 2.24) is 10.3 Å². The van der Waals surface area contributed by atoms with Crippen LogP contribution >= 0.6 is 11.8 Å². The number of amides is 1. The van der Waals surface area contributed by atoms with Crippen molar-refractivity contribution in [3.63, 3.8) is 0 Å². The Morgan fingerprint density at radius 2 is 2.12 bits per heavy atom. The van der Waals surface area contributed by atoms with Crippen LogP contribution in [0.25, 0.3) is 10.9 Å². The van der Waals surface area contributed by atoms with E-state index in [2.05, 4.69) is 29.4 Å². The highest BCUT2D eigenvalue weighted by atomic mass is 32.2. The van der Waals surface area contributed by atoms with Crippen molar-refractivity contribution in [2.24, 2.45) is 17.8 Å². The molecule has 2 aliphatic carbocycles. The van der Waals surface area contributed by atoms with E-state index in [4.69, 9.17) is 0 Å². The summed E-state index contributed by atoms with van der Waals surface area (Å²) >= 11 is 1.52. The van der Waals surface area contributed by atoms with Crippen molar-refractivity contribution >= 4 is 28.6 Å². The lowest BCUT2D eigenvalue weighted by molar-refractivity contribution is -0.119. The van der Waals surface area contributed by atoms with Crippen LogP contribution in [0.4, 0.5) is 0 Å².